The zero-order valence-electron chi connectivity index (χ0n) is 16.4. The minimum Gasteiger partial charge on any atom is -0.497 e. The smallest absolute Gasteiger partial charge is 0.191 e. The Kier molecular flexibility index (Phi) is 5.90. The van der Waals surface area contributed by atoms with Crippen LogP contribution >= 0.6 is 11.8 Å². The second kappa shape index (κ2) is 8.91. The third kappa shape index (κ3) is 4.48. The van der Waals surface area contributed by atoms with Crippen LogP contribution < -0.4 is 4.74 Å². The summed E-state index contributed by atoms with van der Waals surface area (Å²) in [5.41, 5.74) is 2.29. The molecule has 0 saturated carbocycles. The molecule has 2 heterocycles. The molecule has 0 N–H and O–H groups in total. The summed E-state index contributed by atoms with van der Waals surface area (Å²) in [7, 11) is 3.56. The molecule has 0 atom stereocenters. The van der Waals surface area contributed by atoms with Crippen LogP contribution in [0.1, 0.15) is 11.4 Å². The fourth-order valence-corrected chi connectivity index (χ4v) is 3.97. The van der Waals surface area contributed by atoms with Crippen LogP contribution in [0.5, 0.6) is 5.75 Å². The molecular weight excluding hydrogens is 384 g/mol. The number of benzene rings is 2. The van der Waals surface area contributed by atoms with Crippen molar-refractivity contribution in [2.45, 2.75) is 23.9 Å². The number of ether oxygens (including phenoxy) is 1. The van der Waals surface area contributed by atoms with Gasteiger partial charge < -0.3 is 9.30 Å². The van der Waals surface area contributed by atoms with Crippen molar-refractivity contribution in [3.8, 4) is 17.1 Å². The molecule has 4 rings (SSSR count). The van der Waals surface area contributed by atoms with E-state index in [0.29, 0.717) is 5.75 Å². The minimum atomic E-state index is 0.683. The molecule has 0 unspecified atom stereocenters. The molecule has 0 aliphatic heterocycles. The second-order valence-electron chi connectivity index (χ2n) is 6.51. The van der Waals surface area contributed by atoms with Gasteiger partial charge in [0.15, 0.2) is 11.0 Å². The summed E-state index contributed by atoms with van der Waals surface area (Å²) in [5, 5.41) is 14.0. The summed E-state index contributed by atoms with van der Waals surface area (Å²) in [6.45, 7) is 0.791. The maximum absolute atomic E-state index is 5.27. The zero-order chi connectivity index (χ0) is 20.1. The van der Waals surface area contributed by atoms with Crippen molar-refractivity contribution in [2.75, 3.05) is 7.11 Å². The van der Waals surface area contributed by atoms with Crippen molar-refractivity contribution in [2.24, 2.45) is 7.05 Å². The molecule has 0 fully saturated rings. The molecule has 2 aromatic heterocycles. The normalized spacial score (nSPS) is 11.0. The van der Waals surface area contributed by atoms with E-state index in [-0.39, 0.29) is 0 Å². The predicted octanol–water partition coefficient (Wildman–Crippen LogP) is 3.62. The van der Waals surface area contributed by atoms with E-state index in [1.807, 2.05) is 37.4 Å². The molecule has 0 spiro atoms. The van der Waals surface area contributed by atoms with Gasteiger partial charge >= 0.3 is 0 Å². The van der Waals surface area contributed by atoms with Crippen molar-refractivity contribution in [3.05, 3.63) is 72.3 Å². The number of nitrogens with zero attached hydrogens (tertiary/aromatic N) is 6. The molecule has 29 heavy (non-hydrogen) atoms. The van der Waals surface area contributed by atoms with Crippen LogP contribution in [0.15, 0.2) is 66.1 Å². The minimum absolute atomic E-state index is 0.683. The summed E-state index contributed by atoms with van der Waals surface area (Å²) in [6, 6.07) is 18.4. The van der Waals surface area contributed by atoms with Gasteiger partial charge in [0.2, 0.25) is 0 Å². The van der Waals surface area contributed by atoms with Gasteiger partial charge in [-0.25, -0.2) is 4.98 Å². The third-order valence-electron chi connectivity index (χ3n) is 4.67. The molecule has 8 heteroatoms. The molecule has 2 aromatic carbocycles. The van der Waals surface area contributed by atoms with E-state index in [1.54, 1.807) is 29.9 Å². The van der Waals surface area contributed by atoms with Crippen LogP contribution in [0.25, 0.3) is 11.4 Å². The highest BCUT2D eigenvalue weighted by atomic mass is 32.2. The monoisotopic (exact) mass is 406 g/mol. The molecule has 0 aliphatic carbocycles. The Labute approximate surface area is 173 Å². The van der Waals surface area contributed by atoms with Crippen molar-refractivity contribution in [3.63, 3.8) is 0 Å². The lowest BCUT2D eigenvalue weighted by molar-refractivity contribution is 0.415. The fraction of sp³-hybridized carbons (Fsp3) is 0.238. The SMILES string of the molecule is COc1ccc(-c2nnc(SCc3ncnn3C)n2CCc2ccccc2)cc1. The first-order chi connectivity index (χ1) is 14.2. The van der Waals surface area contributed by atoms with E-state index in [9.17, 15) is 0 Å². The molecule has 7 nitrogen and oxygen atoms in total. The Balaban J connectivity index is 1.60. The quantitative estimate of drug-likeness (QED) is 0.416. The van der Waals surface area contributed by atoms with Crippen molar-refractivity contribution in [1.82, 2.24) is 29.5 Å². The van der Waals surface area contributed by atoms with Crippen LogP contribution in [0, 0.1) is 0 Å². The first-order valence-electron chi connectivity index (χ1n) is 9.32. The Morgan fingerprint density at radius 2 is 1.79 bits per heavy atom. The Hall–Kier alpha value is -3.13. The molecule has 4 aromatic rings. The van der Waals surface area contributed by atoms with E-state index in [0.717, 1.165) is 41.1 Å². The van der Waals surface area contributed by atoms with E-state index in [2.05, 4.69) is 49.1 Å². The third-order valence-corrected chi connectivity index (χ3v) is 5.63. The van der Waals surface area contributed by atoms with E-state index >= 15 is 0 Å². The van der Waals surface area contributed by atoms with Crippen LogP contribution in [-0.4, -0.2) is 36.6 Å². The fourth-order valence-electron chi connectivity index (χ4n) is 3.02. The lowest BCUT2D eigenvalue weighted by atomic mass is 10.1. The highest BCUT2D eigenvalue weighted by molar-refractivity contribution is 7.98. The summed E-state index contributed by atoms with van der Waals surface area (Å²) in [5.74, 6) is 3.26. The molecule has 0 saturated heterocycles. The zero-order valence-corrected chi connectivity index (χ0v) is 17.2. The topological polar surface area (TPSA) is 70.7 Å². The largest absolute Gasteiger partial charge is 0.497 e. The number of aryl methyl sites for hydroxylation is 2. The number of aromatic nitrogens is 6. The van der Waals surface area contributed by atoms with E-state index in [4.69, 9.17) is 4.74 Å². The summed E-state index contributed by atoms with van der Waals surface area (Å²) < 4.78 is 9.23. The van der Waals surface area contributed by atoms with Gasteiger partial charge in [-0.2, -0.15) is 5.10 Å². The Morgan fingerprint density at radius 1 is 1.00 bits per heavy atom. The lowest BCUT2D eigenvalue weighted by Crippen LogP contribution is -2.06. The number of rotatable bonds is 8. The first-order valence-corrected chi connectivity index (χ1v) is 10.3. The van der Waals surface area contributed by atoms with Crippen molar-refractivity contribution in [1.29, 1.82) is 0 Å². The summed E-state index contributed by atoms with van der Waals surface area (Å²) >= 11 is 1.62. The second-order valence-corrected chi connectivity index (χ2v) is 7.45. The van der Waals surface area contributed by atoms with Gasteiger partial charge in [0.05, 0.1) is 12.9 Å². The van der Waals surface area contributed by atoms with Gasteiger partial charge in [-0.15, -0.1) is 10.2 Å². The maximum Gasteiger partial charge on any atom is 0.191 e. The Bertz CT molecular complexity index is 1060. The van der Waals surface area contributed by atoms with E-state index < -0.39 is 0 Å². The molecule has 0 radical (unpaired) electrons. The standard InChI is InChI=1S/C21H22N6OS/c1-26-19(22-15-23-26)14-29-21-25-24-20(17-8-10-18(28-2)11-9-17)27(21)13-12-16-6-4-3-5-7-16/h3-11,15H,12-14H2,1-2H3. The predicted molar refractivity (Wildman–Crippen MR) is 113 cm³/mol. The Morgan fingerprint density at radius 3 is 2.48 bits per heavy atom. The van der Waals surface area contributed by atoms with Gasteiger partial charge in [-0.05, 0) is 36.2 Å². The molecule has 0 aliphatic rings. The first kappa shape index (κ1) is 19.2. The van der Waals surface area contributed by atoms with Gasteiger partial charge in [-0.1, -0.05) is 42.1 Å². The molecule has 148 valence electrons. The number of thioether (sulfide) groups is 1. The lowest BCUT2D eigenvalue weighted by Gasteiger charge is -2.11. The maximum atomic E-state index is 5.27. The van der Waals surface area contributed by atoms with Crippen LogP contribution in [0.2, 0.25) is 0 Å². The average molecular weight is 407 g/mol. The van der Waals surface area contributed by atoms with Gasteiger partial charge in [-0.3, -0.25) is 4.68 Å². The highest BCUT2D eigenvalue weighted by Gasteiger charge is 2.15. The number of hydrogen-bond acceptors (Lipinski definition) is 6. The summed E-state index contributed by atoms with van der Waals surface area (Å²) in [4.78, 5) is 4.30. The molecule has 0 bridgehead atoms. The van der Waals surface area contributed by atoms with Crippen LogP contribution in [0.4, 0.5) is 0 Å². The van der Waals surface area contributed by atoms with Crippen LogP contribution in [-0.2, 0) is 25.8 Å². The highest BCUT2D eigenvalue weighted by Crippen LogP contribution is 2.27. The van der Waals surface area contributed by atoms with Gasteiger partial charge in [0, 0.05) is 19.2 Å². The van der Waals surface area contributed by atoms with Gasteiger partial charge in [0.1, 0.15) is 17.9 Å². The summed E-state index contributed by atoms with van der Waals surface area (Å²) in [6.07, 6.45) is 2.47. The van der Waals surface area contributed by atoms with Crippen molar-refractivity contribution < 1.29 is 4.74 Å². The number of methoxy groups -OCH3 is 1. The molecular formula is C21H22N6OS. The number of hydrogen-bond donors (Lipinski definition) is 0. The average Bonchev–Trinajstić information content (AvgIpc) is 3.37. The van der Waals surface area contributed by atoms with Crippen molar-refractivity contribution >= 4 is 11.8 Å². The van der Waals surface area contributed by atoms with E-state index in [1.165, 1.54) is 5.56 Å². The molecule has 0 amide bonds. The van der Waals surface area contributed by atoms with Crippen LogP contribution in [0.3, 0.4) is 0 Å². The van der Waals surface area contributed by atoms with Gasteiger partial charge in [0.25, 0.3) is 0 Å².